The van der Waals surface area contributed by atoms with Gasteiger partial charge in [-0.1, -0.05) is 73.4 Å². The highest BCUT2D eigenvalue weighted by molar-refractivity contribution is 6.44. The maximum absolute atomic E-state index is 13.3. The van der Waals surface area contributed by atoms with Gasteiger partial charge >= 0.3 is 5.97 Å². The number of hydrazone groups is 1. The molecule has 1 N–H and O–H groups in total. The molecule has 3 aromatic rings. The summed E-state index contributed by atoms with van der Waals surface area (Å²) in [5, 5.41) is 10.4. The Morgan fingerprint density at radius 1 is 1.08 bits per heavy atom. The van der Waals surface area contributed by atoms with Crippen molar-refractivity contribution in [3.63, 3.8) is 0 Å². The molecule has 0 saturated carbocycles. The van der Waals surface area contributed by atoms with Gasteiger partial charge in [0.2, 0.25) is 0 Å². The van der Waals surface area contributed by atoms with Crippen molar-refractivity contribution < 1.29 is 14.3 Å². The molecule has 6 nitrogen and oxygen atoms in total. The molecule has 1 unspecified atom stereocenters. The highest BCUT2D eigenvalue weighted by Gasteiger charge is 2.33. The lowest BCUT2D eigenvalue weighted by Gasteiger charge is -2.25. The predicted octanol–water partition coefficient (Wildman–Crippen LogP) is 7.17. The monoisotopic (exact) mass is 537 g/mol. The van der Waals surface area contributed by atoms with Gasteiger partial charge in [0.05, 0.1) is 29.8 Å². The Hall–Kier alpha value is -3.35. The van der Waals surface area contributed by atoms with Crippen LogP contribution in [0.5, 0.6) is 0 Å². The highest BCUT2D eigenvalue weighted by atomic mass is 35.5. The van der Waals surface area contributed by atoms with Crippen molar-refractivity contribution in [2.24, 2.45) is 5.10 Å². The van der Waals surface area contributed by atoms with E-state index in [1.807, 2.05) is 12.1 Å². The van der Waals surface area contributed by atoms with Crippen molar-refractivity contribution in [3.8, 4) is 0 Å². The zero-order chi connectivity index (χ0) is 26.5. The molecule has 192 valence electrons. The average molecular weight is 538 g/mol. The summed E-state index contributed by atoms with van der Waals surface area (Å²) in [5.41, 5.74) is 4.64. The van der Waals surface area contributed by atoms with Crippen LogP contribution in [0.4, 0.5) is 11.4 Å². The molecule has 0 aliphatic carbocycles. The van der Waals surface area contributed by atoms with E-state index in [0.29, 0.717) is 46.1 Å². The minimum atomic E-state index is -0.315. The molecule has 1 heterocycles. The number of benzene rings is 3. The fourth-order valence-corrected chi connectivity index (χ4v) is 4.74. The van der Waals surface area contributed by atoms with E-state index in [1.165, 1.54) is 5.56 Å². The Morgan fingerprint density at radius 3 is 2.51 bits per heavy atom. The maximum Gasteiger partial charge on any atom is 0.310 e. The normalized spacial score (nSPS) is 15.0. The van der Waals surface area contributed by atoms with Crippen LogP contribution in [0, 0.1) is 0 Å². The van der Waals surface area contributed by atoms with Gasteiger partial charge in [0.25, 0.3) is 5.91 Å². The van der Waals surface area contributed by atoms with Crippen LogP contribution < -0.4 is 10.3 Å². The molecule has 0 fully saturated rings. The largest absolute Gasteiger partial charge is 0.466 e. The van der Waals surface area contributed by atoms with E-state index in [2.05, 4.69) is 43.4 Å². The summed E-state index contributed by atoms with van der Waals surface area (Å²) in [6.07, 6.45) is 0.532. The van der Waals surface area contributed by atoms with Gasteiger partial charge in [-0.3, -0.25) is 14.6 Å². The minimum Gasteiger partial charge on any atom is -0.466 e. The van der Waals surface area contributed by atoms with Crippen LogP contribution in [-0.4, -0.2) is 24.2 Å². The fourth-order valence-electron chi connectivity index (χ4n) is 4.24. The van der Waals surface area contributed by atoms with E-state index >= 15 is 0 Å². The molecule has 1 aliphatic rings. The van der Waals surface area contributed by atoms with Crippen molar-refractivity contribution >= 4 is 52.2 Å². The smallest absolute Gasteiger partial charge is 0.310 e. The fraction of sp³-hybridized carbons (Fsp3) is 0.276. The summed E-state index contributed by atoms with van der Waals surface area (Å²) >= 11 is 12.7. The Labute approximate surface area is 227 Å². The Bertz CT molecular complexity index is 1320. The van der Waals surface area contributed by atoms with Crippen molar-refractivity contribution in [2.75, 3.05) is 16.9 Å². The molecule has 8 heteroatoms. The van der Waals surface area contributed by atoms with Gasteiger partial charge in [-0.2, -0.15) is 5.10 Å². The maximum atomic E-state index is 13.3. The first kappa shape index (κ1) is 26.7. The molecule has 1 atom stereocenters. The SMILES string of the molecule is CCOC(=O)Cc1cccc(NC(=O)C2=NN(c3ccc(Cl)cc3Cl)C(c3ccc(C(C)C)cc3)C2)c1. The zero-order valence-electron chi connectivity index (χ0n) is 21.0. The third kappa shape index (κ3) is 6.51. The zero-order valence-corrected chi connectivity index (χ0v) is 22.5. The van der Waals surface area contributed by atoms with Gasteiger partial charge in [0, 0.05) is 17.1 Å². The second-order valence-electron chi connectivity index (χ2n) is 9.16. The second kappa shape index (κ2) is 11.8. The van der Waals surface area contributed by atoms with E-state index in [0.717, 1.165) is 11.1 Å². The van der Waals surface area contributed by atoms with Crippen LogP contribution in [0.15, 0.2) is 71.8 Å². The van der Waals surface area contributed by atoms with Crippen LogP contribution >= 0.6 is 23.2 Å². The van der Waals surface area contributed by atoms with Crippen LogP contribution in [0.1, 0.15) is 55.8 Å². The number of rotatable bonds is 8. The molecule has 0 bridgehead atoms. The quantitative estimate of drug-likeness (QED) is 0.309. The van der Waals surface area contributed by atoms with Crippen LogP contribution in [-0.2, 0) is 20.7 Å². The summed E-state index contributed by atoms with van der Waals surface area (Å²) in [5.74, 6) is -0.214. The molecule has 0 saturated heterocycles. The third-order valence-electron chi connectivity index (χ3n) is 6.16. The molecule has 4 rings (SSSR count). The van der Waals surface area contributed by atoms with E-state index in [1.54, 1.807) is 42.3 Å². The number of halogens is 2. The first-order valence-corrected chi connectivity index (χ1v) is 13.0. The Kier molecular flexibility index (Phi) is 8.52. The molecule has 0 radical (unpaired) electrons. The molecule has 0 aromatic heterocycles. The molecular formula is C29H29Cl2N3O3. The first-order valence-electron chi connectivity index (χ1n) is 12.2. The number of esters is 1. The van der Waals surface area contributed by atoms with Crippen molar-refractivity contribution in [2.45, 2.75) is 45.6 Å². The van der Waals surface area contributed by atoms with Crippen LogP contribution in [0.3, 0.4) is 0 Å². The van der Waals surface area contributed by atoms with Crippen molar-refractivity contribution in [1.29, 1.82) is 0 Å². The second-order valence-corrected chi connectivity index (χ2v) is 10.0. The van der Waals surface area contributed by atoms with E-state index in [4.69, 9.17) is 33.0 Å². The van der Waals surface area contributed by atoms with Crippen LogP contribution in [0.2, 0.25) is 10.0 Å². The average Bonchev–Trinajstić information content (AvgIpc) is 3.30. The van der Waals surface area contributed by atoms with Gasteiger partial charge < -0.3 is 10.1 Å². The summed E-state index contributed by atoms with van der Waals surface area (Å²) in [7, 11) is 0. The molecule has 1 amide bonds. The molecule has 3 aromatic carbocycles. The lowest BCUT2D eigenvalue weighted by molar-refractivity contribution is -0.142. The number of carbonyl (C=O) groups excluding carboxylic acids is 2. The number of ether oxygens (including phenoxy) is 1. The number of hydrogen-bond donors (Lipinski definition) is 1. The number of anilines is 2. The van der Waals surface area contributed by atoms with Crippen LogP contribution in [0.25, 0.3) is 0 Å². The number of nitrogens with one attached hydrogen (secondary N) is 1. The first-order chi connectivity index (χ1) is 17.7. The van der Waals surface area contributed by atoms with Gasteiger partial charge in [-0.05, 0) is 59.9 Å². The molecule has 1 aliphatic heterocycles. The lowest BCUT2D eigenvalue weighted by Crippen LogP contribution is -2.22. The minimum absolute atomic E-state index is 0.135. The van der Waals surface area contributed by atoms with E-state index in [9.17, 15) is 9.59 Å². The van der Waals surface area contributed by atoms with Gasteiger partial charge in [-0.15, -0.1) is 0 Å². The number of amides is 1. The predicted molar refractivity (Wildman–Crippen MR) is 150 cm³/mol. The van der Waals surface area contributed by atoms with Gasteiger partial charge in [0.15, 0.2) is 0 Å². The molecular weight excluding hydrogens is 509 g/mol. The van der Waals surface area contributed by atoms with E-state index < -0.39 is 0 Å². The highest BCUT2D eigenvalue weighted by Crippen LogP contribution is 2.40. The summed E-state index contributed by atoms with van der Waals surface area (Å²) in [4.78, 5) is 25.1. The van der Waals surface area contributed by atoms with Crippen molar-refractivity contribution in [3.05, 3.63) is 93.5 Å². The number of hydrogen-bond acceptors (Lipinski definition) is 5. The van der Waals surface area contributed by atoms with Gasteiger partial charge in [-0.25, -0.2) is 0 Å². The summed E-state index contributed by atoms with van der Waals surface area (Å²) in [6, 6.07) is 20.5. The third-order valence-corrected chi connectivity index (χ3v) is 6.69. The summed E-state index contributed by atoms with van der Waals surface area (Å²) < 4.78 is 5.02. The topological polar surface area (TPSA) is 71.0 Å². The summed E-state index contributed by atoms with van der Waals surface area (Å²) in [6.45, 7) is 6.39. The number of nitrogens with zero attached hydrogens (tertiary/aromatic N) is 2. The number of carbonyl (C=O) groups is 2. The Morgan fingerprint density at radius 2 is 1.84 bits per heavy atom. The molecule has 37 heavy (non-hydrogen) atoms. The standard InChI is InChI=1S/C29H29Cl2N3O3/c1-4-37-28(35)15-19-6-5-7-23(14-19)32-29(36)25-17-27(21-10-8-20(9-11-21)18(2)3)34(33-25)26-13-12-22(30)16-24(26)31/h5-14,16,18,27H,4,15,17H2,1-3H3,(H,32,36). The van der Waals surface area contributed by atoms with Gasteiger partial charge in [0.1, 0.15) is 5.71 Å². The Balaban J connectivity index is 1.59. The molecule has 0 spiro atoms. The lowest BCUT2D eigenvalue weighted by atomic mass is 9.96. The van der Waals surface area contributed by atoms with E-state index in [-0.39, 0.29) is 24.3 Å². The van der Waals surface area contributed by atoms with Crippen molar-refractivity contribution in [1.82, 2.24) is 0 Å².